The van der Waals surface area contributed by atoms with Gasteiger partial charge in [0.2, 0.25) is 0 Å². The molecule has 0 fully saturated rings. The highest BCUT2D eigenvalue weighted by atomic mass is 35.5. The molecule has 1 aliphatic heterocycles. The van der Waals surface area contributed by atoms with E-state index < -0.39 is 30.2 Å². The zero-order valence-corrected chi connectivity index (χ0v) is 16.3. The Morgan fingerprint density at radius 1 is 1.27 bits per heavy atom. The molecule has 1 aliphatic rings. The Hall–Kier alpha value is -2.94. The van der Waals surface area contributed by atoms with E-state index in [1.807, 2.05) is 0 Å². The van der Waals surface area contributed by atoms with Gasteiger partial charge in [0.25, 0.3) is 0 Å². The summed E-state index contributed by atoms with van der Waals surface area (Å²) in [7, 11) is 1.39. The van der Waals surface area contributed by atoms with E-state index in [1.54, 1.807) is 0 Å². The number of ether oxygens (including phenoxy) is 3. The summed E-state index contributed by atoms with van der Waals surface area (Å²) in [5.74, 6) is -1.36. The topological polar surface area (TPSA) is 82.1 Å². The van der Waals surface area contributed by atoms with Crippen molar-refractivity contribution in [1.29, 1.82) is 0 Å². The van der Waals surface area contributed by atoms with Gasteiger partial charge in [-0.05, 0) is 24.3 Å². The summed E-state index contributed by atoms with van der Waals surface area (Å²) in [6, 6.07) is 5.76. The van der Waals surface area contributed by atoms with Crippen molar-refractivity contribution in [3.8, 4) is 17.2 Å². The normalized spacial score (nSPS) is 15.9. The van der Waals surface area contributed by atoms with Crippen LogP contribution in [-0.4, -0.2) is 30.6 Å². The number of ketones is 1. The van der Waals surface area contributed by atoms with Crippen molar-refractivity contribution in [3.63, 3.8) is 0 Å². The molecule has 0 saturated heterocycles. The monoisotopic (exact) mass is 444 g/mol. The van der Waals surface area contributed by atoms with Gasteiger partial charge in [-0.1, -0.05) is 17.7 Å². The number of alkyl halides is 3. The first-order valence-electron chi connectivity index (χ1n) is 8.74. The van der Waals surface area contributed by atoms with Crippen LogP contribution in [0.25, 0.3) is 0 Å². The molecule has 1 atom stereocenters. The van der Waals surface area contributed by atoms with Gasteiger partial charge < -0.3 is 19.3 Å². The van der Waals surface area contributed by atoms with Crippen LogP contribution in [0.1, 0.15) is 40.4 Å². The highest BCUT2D eigenvalue weighted by Gasteiger charge is 2.35. The number of Topliss-reactive ketones (excluding diaryl/α,β-unsaturated/α-hetero) is 1. The number of carbonyl (C=O) groups excluding carboxylic acids is 1. The Balaban J connectivity index is 2.00. The van der Waals surface area contributed by atoms with Gasteiger partial charge in [-0.3, -0.25) is 9.59 Å². The number of carboxylic acid groups (broad SMARTS) is 1. The minimum atomic E-state index is -4.63. The van der Waals surface area contributed by atoms with Crippen LogP contribution in [0.5, 0.6) is 17.2 Å². The van der Waals surface area contributed by atoms with Crippen LogP contribution < -0.4 is 14.2 Å². The molecular formula is C20H16ClF3O6. The van der Waals surface area contributed by atoms with Crippen molar-refractivity contribution in [2.24, 2.45) is 0 Å². The zero-order chi connectivity index (χ0) is 22.1. The van der Waals surface area contributed by atoms with E-state index in [9.17, 15) is 22.8 Å². The van der Waals surface area contributed by atoms with Crippen molar-refractivity contribution in [2.45, 2.75) is 25.1 Å². The van der Waals surface area contributed by atoms with E-state index in [2.05, 4.69) is 0 Å². The van der Waals surface area contributed by atoms with Crippen LogP contribution in [0.2, 0.25) is 5.02 Å². The first-order chi connectivity index (χ1) is 14.1. The zero-order valence-electron chi connectivity index (χ0n) is 15.6. The lowest BCUT2D eigenvalue weighted by molar-refractivity contribution is -0.139. The van der Waals surface area contributed by atoms with E-state index in [0.29, 0.717) is 0 Å². The van der Waals surface area contributed by atoms with Crippen molar-refractivity contribution in [1.82, 2.24) is 0 Å². The molecule has 6 nitrogen and oxygen atoms in total. The lowest BCUT2D eigenvalue weighted by Crippen LogP contribution is -2.22. The number of hydrogen-bond donors (Lipinski definition) is 1. The molecule has 1 N–H and O–H groups in total. The van der Waals surface area contributed by atoms with Crippen molar-refractivity contribution < 1.29 is 42.1 Å². The fourth-order valence-corrected chi connectivity index (χ4v) is 3.30. The molecule has 0 radical (unpaired) electrons. The van der Waals surface area contributed by atoms with Gasteiger partial charge in [0, 0.05) is 5.56 Å². The fourth-order valence-electron chi connectivity index (χ4n) is 3.02. The molecule has 3 rings (SSSR count). The van der Waals surface area contributed by atoms with Crippen LogP contribution in [0.15, 0.2) is 30.3 Å². The molecule has 0 saturated carbocycles. The third kappa shape index (κ3) is 4.46. The molecule has 2 aromatic rings. The molecule has 2 aromatic carbocycles. The average molecular weight is 445 g/mol. The summed E-state index contributed by atoms with van der Waals surface area (Å²) in [6.07, 6.45) is -6.17. The van der Waals surface area contributed by atoms with Gasteiger partial charge in [0.05, 0.1) is 37.7 Å². The van der Waals surface area contributed by atoms with E-state index in [0.717, 1.165) is 18.2 Å². The van der Waals surface area contributed by atoms with Crippen molar-refractivity contribution in [3.05, 3.63) is 52.0 Å². The summed E-state index contributed by atoms with van der Waals surface area (Å²) in [5, 5.41) is 8.82. The quantitative estimate of drug-likeness (QED) is 0.680. The minimum Gasteiger partial charge on any atom is -0.495 e. The first-order valence-corrected chi connectivity index (χ1v) is 9.11. The minimum absolute atomic E-state index is 0.0632. The van der Waals surface area contributed by atoms with Gasteiger partial charge >= 0.3 is 12.1 Å². The standard InChI is InChI=1S/C20H16ClF3O6/c1-28-14-5-4-11-13(25)9-16(30-19(11)18(14)21)12-3-2-10(20(22,23)24)8-15(12)29-7-6-17(26)27/h2-5,8,16H,6-7,9H2,1H3,(H,26,27). The summed E-state index contributed by atoms with van der Waals surface area (Å²) < 4.78 is 55.6. The first kappa shape index (κ1) is 21.8. The van der Waals surface area contributed by atoms with Gasteiger partial charge in [-0.25, -0.2) is 0 Å². The van der Waals surface area contributed by atoms with Crippen molar-refractivity contribution >= 4 is 23.4 Å². The summed E-state index contributed by atoms with van der Waals surface area (Å²) in [4.78, 5) is 23.3. The Morgan fingerprint density at radius 2 is 2.00 bits per heavy atom. The average Bonchev–Trinajstić information content (AvgIpc) is 2.67. The van der Waals surface area contributed by atoms with Gasteiger partial charge in [0.15, 0.2) is 11.5 Å². The fraction of sp³-hybridized carbons (Fsp3) is 0.300. The van der Waals surface area contributed by atoms with Gasteiger partial charge in [0.1, 0.15) is 22.6 Å². The summed E-state index contributed by atoms with van der Waals surface area (Å²) >= 11 is 6.24. The number of carboxylic acids is 1. The third-order valence-corrected chi connectivity index (χ3v) is 4.83. The van der Waals surface area contributed by atoms with E-state index >= 15 is 0 Å². The Morgan fingerprint density at radius 3 is 2.63 bits per heavy atom. The Kier molecular flexibility index (Phi) is 6.12. The number of methoxy groups -OCH3 is 1. The largest absolute Gasteiger partial charge is 0.495 e. The Bertz CT molecular complexity index is 989. The second kappa shape index (κ2) is 8.43. The maximum Gasteiger partial charge on any atom is 0.416 e. The van der Waals surface area contributed by atoms with Crippen molar-refractivity contribution in [2.75, 3.05) is 13.7 Å². The van der Waals surface area contributed by atoms with E-state index in [4.69, 9.17) is 30.9 Å². The number of aliphatic carboxylic acids is 1. The number of fused-ring (bicyclic) bond motifs is 1. The van der Waals surface area contributed by atoms with Crippen LogP contribution >= 0.6 is 11.6 Å². The van der Waals surface area contributed by atoms with Gasteiger partial charge in [-0.2, -0.15) is 13.2 Å². The highest BCUT2D eigenvalue weighted by Crippen LogP contribution is 2.46. The number of rotatable bonds is 6. The maximum atomic E-state index is 13.1. The lowest BCUT2D eigenvalue weighted by Gasteiger charge is -2.28. The number of benzene rings is 2. The predicted molar refractivity (Wildman–Crippen MR) is 99.5 cm³/mol. The molecule has 0 amide bonds. The Labute approximate surface area is 174 Å². The molecule has 0 aliphatic carbocycles. The van der Waals surface area contributed by atoms with Crippen LogP contribution in [0.3, 0.4) is 0 Å². The molecule has 30 heavy (non-hydrogen) atoms. The molecule has 1 unspecified atom stereocenters. The van der Waals surface area contributed by atoms with E-state index in [-0.39, 0.29) is 52.2 Å². The van der Waals surface area contributed by atoms with Crippen LogP contribution in [-0.2, 0) is 11.0 Å². The second-order valence-corrected chi connectivity index (χ2v) is 6.81. The lowest BCUT2D eigenvalue weighted by atomic mass is 9.94. The highest BCUT2D eigenvalue weighted by molar-refractivity contribution is 6.34. The smallest absolute Gasteiger partial charge is 0.416 e. The molecule has 0 bridgehead atoms. The predicted octanol–water partition coefficient (Wildman–Crippen LogP) is 4.93. The third-order valence-electron chi connectivity index (χ3n) is 4.47. The molecule has 10 heteroatoms. The van der Waals surface area contributed by atoms with Gasteiger partial charge in [-0.15, -0.1) is 0 Å². The molecule has 1 heterocycles. The van der Waals surface area contributed by atoms with Crippen LogP contribution in [0.4, 0.5) is 13.2 Å². The molecular weight excluding hydrogens is 429 g/mol. The SMILES string of the molecule is COc1ccc2c(c1Cl)OC(c1ccc(C(F)(F)F)cc1OCCC(=O)O)CC2=O. The maximum absolute atomic E-state index is 13.1. The molecule has 0 aromatic heterocycles. The molecule has 0 spiro atoms. The summed E-state index contributed by atoms with van der Waals surface area (Å²) in [6.45, 7) is -0.352. The summed E-state index contributed by atoms with van der Waals surface area (Å²) in [5.41, 5.74) is -0.567. The number of carbonyl (C=O) groups is 2. The second-order valence-electron chi connectivity index (χ2n) is 6.43. The van der Waals surface area contributed by atoms with E-state index in [1.165, 1.54) is 19.2 Å². The number of halogens is 4. The van der Waals surface area contributed by atoms with Crippen LogP contribution in [0, 0.1) is 0 Å². The number of hydrogen-bond acceptors (Lipinski definition) is 5. The molecule has 160 valence electrons.